The third kappa shape index (κ3) is 3.51. The van der Waals surface area contributed by atoms with Crippen LogP contribution in [0.4, 0.5) is 4.39 Å². The monoisotopic (exact) mass is 389 g/mol. The van der Waals surface area contributed by atoms with Gasteiger partial charge in [-0.25, -0.2) is 4.39 Å². The van der Waals surface area contributed by atoms with Crippen LogP contribution in [0.1, 0.15) is 38.2 Å². The molecule has 1 amide bonds. The summed E-state index contributed by atoms with van der Waals surface area (Å²) in [4.78, 5) is 14.6. The molecule has 0 saturated carbocycles. The lowest BCUT2D eigenvalue weighted by Crippen LogP contribution is -2.36. The number of halogens is 1. The zero-order valence-electron chi connectivity index (χ0n) is 16.9. The number of phenols is 1. The number of amides is 1. The van der Waals surface area contributed by atoms with Gasteiger partial charge >= 0.3 is 0 Å². The SMILES string of the molecule is Cc1ccc(C(=O)N2CCc3c(cccc3-c3cc(C)c(O)c(C)c3)C2)c(F)c1. The molecule has 3 aromatic rings. The van der Waals surface area contributed by atoms with Gasteiger partial charge in [0.2, 0.25) is 0 Å². The summed E-state index contributed by atoms with van der Waals surface area (Å²) in [5.41, 5.74) is 7.11. The fraction of sp³-hybridized carbons (Fsp3) is 0.240. The summed E-state index contributed by atoms with van der Waals surface area (Å²) >= 11 is 0. The van der Waals surface area contributed by atoms with E-state index in [2.05, 4.69) is 6.07 Å². The van der Waals surface area contributed by atoms with Gasteiger partial charge in [-0.3, -0.25) is 4.79 Å². The van der Waals surface area contributed by atoms with Crippen molar-refractivity contribution in [3.8, 4) is 16.9 Å². The number of aryl methyl sites for hydroxylation is 3. The minimum Gasteiger partial charge on any atom is -0.507 e. The Labute approximate surface area is 170 Å². The Morgan fingerprint density at radius 2 is 1.76 bits per heavy atom. The molecule has 4 heteroatoms. The van der Waals surface area contributed by atoms with Gasteiger partial charge in [0.05, 0.1) is 5.56 Å². The molecule has 4 rings (SSSR count). The summed E-state index contributed by atoms with van der Waals surface area (Å²) < 4.78 is 14.3. The van der Waals surface area contributed by atoms with Crippen molar-refractivity contribution in [2.75, 3.05) is 6.54 Å². The summed E-state index contributed by atoms with van der Waals surface area (Å²) in [6.45, 7) is 6.62. The van der Waals surface area contributed by atoms with Crippen molar-refractivity contribution in [3.63, 3.8) is 0 Å². The van der Waals surface area contributed by atoms with E-state index in [1.165, 1.54) is 11.6 Å². The molecule has 0 bridgehead atoms. The van der Waals surface area contributed by atoms with Gasteiger partial charge in [-0.15, -0.1) is 0 Å². The summed E-state index contributed by atoms with van der Waals surface area (Å²) in [7, 11) is 0. The second kappa shape index (κ2) is 7.36. The van der Waals surface area contributed by atoms with Gasteiger partial charge in [-0.2, -0.15) is 0 Å². The third-order valence-electron chi connectivity index (χ3n) is 5.71. The molecule has 0 fully saturated rings. The van der Waals surface area contributed by atoms with Gasteiger partial charge in [0.1, 0.15) is 11.6 Å². The van der Waals surface area contributed by atoms with E-state index in [9.17, 15) is 14.3 Å². The smallest absolute Gasteiger partial charge is 0.257 e. The number of carbonyl (C=O) groups excluding carboxylic acids is 1. The zero-order valence-corrected chi connectivity index (χ0v) is 16.9. The highest BCUT2D eigenvalue weighted by atomic mass is 19.1. The Balaban J connectivity index is 1.66. The highest BCUT2D eigenvalue weighted by Crippen LogP contribution is 2.34. The lowest BCUT2D eigenvalue weighted by molar-refractivity contribution is 0.0730. The molecule has 0 saturated heterocycles. The average molecular weight is 389 g/mol. The number of phenolic OH excluding ortho intramolecular Hbond substituents is 1. The molecule has 0 unspecified atom stereocenters. The van der Waals surface area contributed by atoms with Crippen LogP contribution in [0.15, 0.2) is 48.5 Å². The molecule has 1 N–H and O–H groups in total. The van der Waals surface area contributed by atoms with Gasteiger partial charge in [-0.05, 0) is 90.4 Å². The normalized spacial score (nSPS) is 13.3. The largest absolute Gasteiger partial charge is 0.507 e. The summed E-state index contributed by atoms with van der Waals surface area (Å²) in [5, 5.41) is 10.1. The van der Waals surface area contributed by atoms with Crippen molar-refractivity contribution in [2.45, 2.75) is 33.7 Å². The molecule has 148 valence electrons. The lowest BCUT2D eigenvalue weighted by Gasteiger charge is -2.30. The quantitative estimate of drug-likeness (QED) is 0.644. The Morgan fingerprint density at radius 3 is 2.45 bits per heavy atom. The number of carbonyl (C=O) groups is 1. The number of nitrogens with zero attached hydrogens (tertiary/aromatic N) is 1. The van der Waals surface area contributed by atoms with E-state index in [1.54, 1.807) is 17.0 Å². The van der Waals surface area contributed by atoms with Gasteiger partial charge in [-0.1, -0.05) is 24.3 Å². The second-order valence-electron chi connectivity index (χ2n) is 7.86. The number of hydrogen-bond donors (Lipinski definition) is 1. The first-order valence-electron chi connectivity index (χ1n) is 9.82. The summed E-state index contributed by atoms with van der Waals surface area (Å²) in [5.74, 6) is -0.407. The Morgan fingerprint density at radius 1 is 1.03 bits per heavy atom. The van der Waals surface area contributed by atoms with Crippen LogP contribution >= 0.6 is 0 Å². The van der Waals surface area contributed by atoms with Crippen LogP contribution in [0.5, 0.6) is 5.75 Å². The van der Waals surface area contributed by atoms with Crippen molar-refractivity contribution in [1.82, 2.24) is 4.90 Å². The fourth-order valence-electron chi connectivity index (χ4n) is 4.13. The number of hydrogen-bond acceptors (Lipinski definition) is 2. The minimum atomic E-state index is -0.468. The molecule has 0 spiro atoms. The Kier molecular flexibility index (Phi) is 4.87. The predicted octanol–water partition coefficient (Wildman–Crippen LogP) is 5.32. The molecular weight excluding hydrogens is 365 g/mol. The maximum absolute atomic E-state index is 14.3. The van der Waals surface area contributed by atoms with Crippen molar-refractivity contribution in [1.29, 1.82) is 0 Å². The highest BCUT2D eigenvalue weighted by molar-refractivity contribution is 5.94. The van der Waals surface area contributed by atoms with E-state index in [1.807, 2.05) is 45.0 Å². The van der Waals surface area contributed by atoms with Crippen molar-refractivity contribution in [3.05, 3.63) is 87.7 Å². The van der Waals surface area contributed by atoms with E-state index >= 15 is 0 Å². The van der Waals surface area contributed by atoms with E-state index in [0.29, 0.717) is 25.3 Å². The van der Waals surface area contributed by atoms with Crippen LogP contribution < -0.4 is 0 Å². The topological polar surface area (TPSA) is 40.5 Å². The molecule has 1 aliphatic rings. The average Bonchev–Trinajstić information content (AvgIpc) is 2.70. The van der Waals surface area contributed by atoms with Crippen molar-refractivity contribution < 1.29 is 14.3 Å². The lowest BCUT2D eigenvalue weighted by atomic mass is 9.89. The minimum absolute atomic E-state index is 0.125. The third-order valence-corrected chi connectivity index (χ3v) is 5.71. The molecule has 3 aromatic carbocycles. The molecule has 1 heterocycles. The van der Waals surface area contributed by atoms with Gasteiger partial charge in [0.25, 0.3) is 5.91 Å². The Bertz CT molecular complexity index is 1100. The number of rotatable bonds is 2. The molecule has 0 aliphatic carbocycles. The van der Waals surface area contributed by atoms with Crippen molar-refractivity contribution >= 4 is 5.91 Å². The van der Waals surface area contributed by atoms with Crippen LogP contribution in [-0.2, 0) is 13.0 Å². The number of benzene rings is 3. The molecule has 29 heavy (non-hydrogen) atoms. The summed E-state index contributed by atoms with van der Waals surface area (Å²) in [6, 6.07) is 14.8. The van der Waals surface area contributed by atoms with Crippen LogP contribution in [-0.4, -0.2) is 22.5 Å². The van der Waals surface area contributed by atoms with E-state index in [0.717, 1.165) is 33.4 Å². The molecule has 1 aliphatic heterocycles. The van der Waals surface area contributed by atoms with Crippen LogP contribution in [0.3, 0.4) is 0 Å². The van der Waals surface area contributed by atoms with Gasteiger partial charge < -0.3 is 10.0 Å². The first kappa shape index (κ1) is 19.2. The first-order chi connectivity index (χ1) is 13.8. The maximum atomic E-state index is 14.3. The standard InChI is InChI=1S/C25H24FNO2/c1-15-7-8-22(23(26)11-15)25(29)27-10-9-21-18(14-27)5-4-6-20(21)19-12-16(2)24(28)17(3)13-19/h4-8,11-13,28H,9-10,14H2,1-3H3. The highest BCUT2D eigenvalue weighted by Gasteiger charge is 2.25. The number of fused-ring (bicyclic) bond motifs is 1. The first-order valence-corrected chi connectivity index (χ1v) is 9.82. The van der Waals surface area contributed by atoms with Crippen LogP contribution in [0.2, 0.25) is 0 Å². The van der Waals surface area contributed by atoms with Crippen LogP contribution in [0.25, 0.3) is 11.1 Å². The van der Waals surface area contributed by atoms with Crippen LogP contribution in [0, 0.1) is 26.6 Å². The van der Waals surface area contributed by atoms with E-state index in [4.69, 9.17) is 0 Å². The van der Waals surface area contributed by atoms with Crippen molar-refractivity contribution in [2.24, 2.45) is 0 Å². The predicted molar refractivity (Wildman–Crippen MR) is 113 cm³/mol. The molecule has 0 aromatic heterocycles. The van der Waals surface area contributed by atoms with Gasteiger partial charge in [0.15, 0.2) is 0 Å². The molecular formula is C25H24FNO2. The second-order valence-corrected chi connectivity index (χ2v) is 7.86. The fourth-order valence-corrected chi connectivity index (χ4v) is 4.13. The molecule has 0 atom stereocenters. The van der Waals surface area contributed by atoms with Gasteiger partial charge in [0, 0.05) is 13.1 Å². The van der Waals surface area contributed by atoms with E-state index in [-0.39, 0.29) is 11.5 Å². The van der Waals surface area contributed by atoms with E-state index < -0.39 is 5.82 Å². The summed E-state index contributed by atoms with van der Waals surface area (Å²) in [6.07, 6.45) is 0.712. The Hall–Kier alpha value is -3.14. The molecule has 3 nitrogen and oxygen atoms in total. The maximum Gasteiger partial charge on any atom is 0.257 e. The molecule has 0 radical (unpaired) electrons. The zero-order chi connectivity index (χ0) is 20.7. The number of aromatic hydroxyl groups is 1.